The van der Waals surface area contributed by atoms with Gasteiger partial charge >= 0.3 is 23.9 Å². The maximum atomic E-state index is 15.1. The molecule has 154 valence electrons. The number of alkyl halides is 9. The third kappa shape index (κ3) is 3.79. The van der Waals surface area contributed by atoms with Crippen molar-refractivity contribution in [3.8, 4) is 11.1 Å². The Bertz CT molecular complexity index is 898. The molecule has 0 spiro atoms. The van der Waals surface area contributed by atoms with Gasteiger partial charge in [-0.15, -0.1) is 0 Å². The van der Waals surface area contributed by atoms with E-state index in [0.29, 0.717) is 0 Å². The Morgan fingerprint density at radius 1 is 0.857 bits per heavy atom. The minimum absolute atomic E-state index is 0.190. The minimum atomic E-state index is -6.82. The minimum Gasteiger partial charge on any atom is -0.244 e. The highest BCUT2D eigenvalue weighted by atomic mass is 127. The second-order valence-electron chi connectivity index (χ2n) is 5.38. The highest BCUT2D eigenvalue weighted by molar-refractivity contribution is 14.1. The average Bonchev–Trinajstić information content (AvgIpc) is 2.52. The van der Waals surface area contributed by atoms with Crippen molar-refractivity contribution in [3.63, 3.8) is 0 Å². The van der Waals surface area contributed by atoms with E-state index in [-0.39, 0.29) is 13.2 Å². The fourth-order valence-corrected chi connectivity index (χ4v) is 4.74. The standard InChI is InChI=1S/C15H5ClF9I2N/c16-11-7(2-1-3-28-11)10-8(4-6(26)5-9(10)27)12(17,14(20,21)22)13(18,19)15(23,24)25/h1-5H. The van der Waals surface area contributed by atoms with Gasteiger partial charge in [0.2, 0.25) is 0 Å². The lowest BCUT2D eigenvalue weighted by molar-refractivity contribution is -0.389. The van der Waals surface area contributed by atoms with E-state index < -0.39 is 45.8 Å². The molecule has 0 saturated heterocycles. The summed E-state index contributed by atoms with van der Waals surface area (Å²) in [4.78, 5) is 3.56. The number of aromatic nitrogens is 1. The zero-order chi connectivity index (χ0) is 21.7. The van der Waals surface area contributed by atoms with Gasteiger partial charge in [0.1, 0.15) is 5.15 Å². The van der Waals surface area contributed by atoms with Gasteiger partial charge in [0.25, 0.3) is 0 Å². The number of nitrogens with zero attached hydrogens (tertiary/aromatic N) is 1. The van der Waals surface area contributed by atoms with Crippen molar-refractivity contribution >= 4 is 56.8 Å². The van der Waals surface area contributed by atoms with E-state index in [9.17, 15) is 35.1 Å². The fourth-order valence-electron chi connectivity index (χ4n) is 2.39. The largest absolute Gasteiger partial charge is 0.457 e. The lowest BCUT2D eigenvalue weighted by Crippen LogP contribution is -2.60. The molecule has 0 amide bonds. The van der Waals surface area contributed by atoms with Gasteiger partial charge < -0.3 is 0 Å². The molecule has 2 rings (SSSR count). The lowest BCUT2D eigenvalue weighted by atomic mass is 9.83. The molecular formula is C15H5ClF9I2N. The Balaban J connectivity index is 3.04. The van der Waals surface area contributed by atoms with Crippen LogP contribution < -0.4 is 0 Å². The van der Waals surface area contributed by atoms with Crippen LogP contribution in [0.5, 0.6) is 0 Å². The zero-order valence-corrected chi connectivity index (χ0v) is 17.9. The van der Waals surface area contributed by atoms with Gasteiger partial charge in [-0.25, -0.2) is 9.37 Å². The van der Waals surface area contributed by atoms with E-state index in [4.69, 9.17) is 11.6 Å². The van der Waals surface area contributed by atoms with Crippen molar-refractivity contribution in [2.24, 2.45) is 0 Å². The predicted molar refractivity (Wildman–Crippen MR) is 100.0 cm³/mol. The first-order valence-electron chi connectivity index (χ1n) is 6.86. The highest BCUT2D eigenvalue weighted by Gasteiger charge is 2.82. The Hall–Kier alpha value is -0.510. The molecule has 1 aromatic heterocycles. The third-order valence-electron chi connectivity index (χ3n) is 3.63. The molecule has 0 aliphatic heterocycles. The van der Waals surface area contributed by atoms with Gasteiger partial charge in [-0.05, 0) is 69.4 Å². The van der Waals surface area contributed by atoms with E-state index in [0.717, 1.165) is 18.3 Å². The van der Waals surface area contributed by atoms with E-state index in [1.807, 2.05) is 0 Å². The number of hydrogen-bond donors (Lipinski definition) is 0. The Labute approximate surface area is 183 Å². The SMILES string of the molecule is FC(F)(F)C(F)(F)C(F)(c1cc(I)cc(I)c1-c1cccnc1Cl)C(F)(F)F. The molecule has 0 fully saturated rings. The van der Waals surface area contributed by atoms with Crippen LogP contribution in [0.15, 0.2) is 30.5 Å². The summed E-state index contributed by atoms with van der Waals surface area (Å²) in [7, 11) is 0. The molecule has 0 saturated carbocycles. The van der Waals surface area contributed by atoms with Crippen LogP contribution in [0.25, 0.3) is 11.1 Å². The zero-order valence-electron chi connectivity index (χ0n) is 12.9. The number of hydrogen-bond acceptors (Lipinski definition) is 1. The van der Waals surface area contributed by atoms with Crippen molar-refractivity contribution < 1.29 is 39.5 Å². The first-order valence-corrected chi connectivity index (χ1v) is 9.40. The molecular weight excluding hydrogens is 654 g/mol. The molecule has 1 unspecified atom stereocenters. The van der Waals surface area contributed by atoms with Crippen molar-refractivity contribution in [3.05, 3.63) is 48.3 Å². The van der Waals surface area contributed by atoms with Crippen LogP contribution in [0.2, 0.25) is 5.15 Å². The van der Waals surface area contributed by atoms with E-state index in [1.54, 1.807) is 0 Å². The Morgan fingerprint density at radius 2 is 1.43 bits per heavy atom. The second kappa shape index (κ2) is 7.63. The molecule has 0 bridgehead atoms. The fraction of sp³-hybridized carbons (Fsp3) is 0.267. The van der Waals surface area contributed by atoms with Crippen LogP contribution in [-0.2, 0) is 5.67 Å². The van der Waals surface area contributed by atoms with Crippen LogP contribution >= 0.6 is 56.8 Å². The van der Waals surface area contributed by atoms with Gasteiger partial charge in [0.15, 0.2) is 0 Å². The van der Waals surface area contributed by atoms with Crippen LogP contribution in [-0.4, -0.2) is 23.3 Å². The first kappa shape index (κ1) is 23.8. The Kier molecular flexibility index (Phi) is 6.48. The van der Waals surface area contributed by atoms with Crippen molar-refractivity contribution in [1.82, 2.24) is 4.98 Å². The van der Waals surface area contributed by atoms with Crippen LogP contribution in [0.3, 0.4) is 0 Å². The van der Waals surface area contributed by atoms with Crippen LogP contribution in [0.1, 0.15) is 5.56 Å². The molecule has 1 heterocycles. The average molecular weight is 659 g/mol. The second-order valence-corrected chi connectivity index (χ2v) is 8.15. The summed E-state index contributed by atoms with van der Waals surface area (Å²) < 4.78 is 121. The summed E-state index contributed by atoms with van der Waals surface area (Å²) in [5, 5.41) is -0.497. The number of pyridine rings is 1. The van der Waals surface area contributed by atoms with Crippen LogP contribution in [0, 0.1) is 7.14 Å². The maximum Gasteiger partial charge on any atom is 0.457 e. The lowest BCUT2D eigenvalue weighted by Gasteiger charge is -2.37. The summed E-state index contributed by atoms with van der Waals surface area (Å²) in [6, 6.07) is 3.65. The molecule has 0 N–H and O–H groups in total. The number of benzene rings is 1. The summed E-state index contributed by atoms with van der Waals surface area (Å²) in [6.07, 6.45) is -12.3. The van der Waals surface area contributed by atoms with Crippen molar-refractivity contribution in [2.75, 3.05) is 0 Å². The molecule has 1 nitrogen and oxygen atoms in total. The van der Waals surface area contributed by atoms with E-state index >= 15 is 4.39 Å². The summed E-state index contributed by atoms with van der Waals surface area (Å²) >= 11 is 8.56. The molecule has 13 heteroatoms. The molecule has 1 aromatic carbocycles. The molecule has 1 atom stereocenters. The van der Waals surface area contributed by atoms with Gasteiger partial charge in [0.05, 0.1) is 0 Å². The predicted octanol–water partition coefficient (Wildman–Crippen LogP) is 7.54. The quantitative estimate of drug-likeness (QED) is 0.189. The maximum absolute atomic E-state index is 15.1. The van der Waals surface area contributed by atoms with Gasteiger partial charge in [-0.3, -0.25) is 0 Å². The van der Waals surface area contributed by atoms with Crippen molar-refractivity contribution in [2.45, 2.75) is 23.9 Å². The molecule has 28 heavy (non-hydrogen) atoms. The normalized spacial score (nSPS) is 15.4. The van der Waals surface area contributed by atoms with Crippen LogP contribution in [0.4, 0.5) is 39.5 Å². The molecule has 2 aromatic rings. The summed E-state index contributed by atoms with van der Waals surface area (Å²) in [6.45, 7) is 0. The van der Waals surface area contributed by atoms with E-state index in [1.165, 1.54) is 51.2 Å². The van der Waals surface area contributed by atoms with Gasteiger partial charge in [-0.2, -0.15) is 35.1 Å². The molecule has 0 aliphatic carbocycles. The number of rotatable bonds is 3. The van der Waals surface area contributed by atoms with E-state index in [2.05, 4.69) is 4.98 Å². The Morgan fingerprint density at radius 3 is 1.89 bits per heavy atom. The van der Waals surface area contributed by atoms with Gasteiger partial charge in [-0.1, -0.05) is 11.6 Å². The smallest absolute Gasteiger partial charge is 0.244 e. The topological polar surface area (TPSA) is 12.9 Å². The molecule has 0 radical (unpaired) electrons. The monoisotopic (exact) mass is 659 g/mol. The summed E-state index contributed by atoms with van der Waals surface area (Å²) in [5.41, 5.74) is -9.27. The van der Waals surface area contributed by atoms with Gasteiger partial charge in [0, 0.05) is 30.0 Å². The molecule has 0 aliphatic rings. The number of halogens is 12. The van der Waals surface area contributed by atoms with Crippen molar-refractivity contribution in [1.29, 1.82) is 0 Å². The summed E-state index contributed by atoms with van der Waals surface area (Å²) in [5.74, 6) is -6.78. The third-order valence-corrected chi connectivity index (χ3v) is 5.41. The first-order chi connectivity index (χ1) is 12.6. The highest BCUT2D eigenvalue weighted by Crippen LogP contribution is 2.60.